The highest BCUT2D eigenvalue weighted by Gasteiger charge is 2.14. The summed E-state index contributed by atoms with van der Waals surface area (Å²) in [5.41, 5.74) is 2.56. The van der Waals surface area contributed by atoms with Crippen LogP contribution in [0.1, 0.15) is 10.4 Å². The van der Waals surface area contributed by atoms with Crippen LogP contribution >= 0.6 is 0 Å². The molecule has 0 fully saturated rings. The van der Waals surface area contributed by atoms with Gasteiger partial charge in [-0.15, -0.1) is 5.10 Å². The number of hydrogen-bond donors (Lipinski definition) is 1. The SMILES string of the molecule is COc1cc(OC)cc(-c2nnnn2-c2ccc(C(=O)Nc3cccnc3)cc2)c1. The molecule has 0 aliphatic rings. The van der Waals surface area contributed by atoms with Crippen LogP contribution in [0.3, 0.4) is 0 Å². The number of ether oxygens (including phenoxy) is 2. The van der Waals surface area contributed by atoms with E-state index in [0.717, 1.165) is 5.56 Å². The summed E-state index contributed by atoms with van der Waals surface area (Å²) in [4.78, 5) is 16.4. The standard InChI is InChI=1S/C21H18N6O3/c1-29-18-10-15(11-19(12-18)30-2)20-24-25-26-27(20)17-7-5-14(6-8-17)21(28)23-16-4-3-9-22-13-16/h3-13H,1-2H3,(H,23,28). The van der Waals surface area contributed by atoms with Crippen LogP contribution in [0.5, 0.6) is 11.5 Å². The van der Waals surface area contributed by atoms with Crippen molar-refractivity contribution in [2.24, 2.45) is 0 Å². The minimum absolute atomic E-state index is 0.232. The van der Waals surface area contributed by atoms with Crippen molar-refractivity contribution < 1.29 is 14.3 Å². The van der Waals surface area contributed by atoms with Gasteiger partial charge in [0.1, 0.15) is 11.5 Å². The number of methoxy groups -OCH3 is 2. The van der Waals surface area contributed by atoms with Crippen LogP contribution in [-0.4, -0.2) is 45.3 Å². The van der Waals surface area contributed by atoms with Crippen LogP contribution in [0.2, 0.25) is 0 Å². The van der Waals surface area contributed by atoms with Crippen LogP contribution in [-0.2, 0) is 0 Å². The molecule has 2 heterocycles. The van der Waals surface area contributed by atoms with Gasteiger partial charge in [0.2, 0.25) is 0 Å². The van der Waals surface area contributed by atoms with Crippen molar-refractivity contribution in [2.45, 2.75) is 0 Å². The van der Waals surface area contributed by atoms with Crippen LogP contribution in [0, 0.1) is 0 Å². The Morgan fingerprint density at radius 3 is 2.37 bits per heavy atom. The first kappa shape index (κ1) is 19.1. The first-order chi connectivity index (χ1) is 14.7. The molecule has 9 nitrogen and oxygen atoms in total. The number of hydrogen-bond acceptors (Lipinski definition) is 7. The molecule has 1 N–H and O–H groups in total. The number of carbonyl (C=O) groups excluding carboxylic acids is 1. The molecule has 4 rings (SSSR count). The lowest BCUT2D eigenvalue weighted by molar-refractivity contribution is 0.102. The Kier molecular flexibility index (Phi) is 5.33. The molecule has 0 aliphatic carbocycles. The average molecular weight is 402 g/mol. The topological polar surface area (TPSA) is 104 Å². The summed E-state index contributed by atoms with van der Waals surface area (Å²) in [6.45, 7) is 0. The summed E-state index contributed by atoms with van der Waals surface area (Å²) in [6, 6.07) is 15.9. The van der Waals surface area contributed by atoms with Gasteiger partial charge in [0.15, 0.2) is 5.82 Å². The van der Waals surface area contributed by atoms with E-state index < -0.39 is 0 Å². The van der Waals surface area contributed by atoms with E-state index in [-0.39, 0.29) is 5.91 Å². The van der Waals surface area contributed by atoms with Crippen molar-refractivity contribution in [3.05, 3.63) is 72.6 Å². The number of nitrogens with zero attached hydrogens (tertiary/aromatic N) is 5. The second-order valence-electron chi connectivity index (χ2n) is 6.26. The van der Waals surface area contributed by atoms with Gasteiger partial charge in [-0.05, 0) is 59.0 Å². The molecule has 0 unspecified atom stereocenters. The highest BCUT2D eigenvalue weighted by Crippen LogP contribution is 2.29. The average Bonchev–Trinajstić information content (AvgIpc) is 3.29. The Bertz CT molecular complexity index is 1140. The second-order valence-corrected chi connectivity index (χ2v) is 6.26. The Morgan fingerprint density at radius 1 is 1.00 bits per heavy atom. The largest absolute Gasteiger partial charge is 0.497 e. The minimum atomic E-state index is -0.232. The number of benzene rings is 2. The molecule has 0 spiro atoms. The number of pyridine rings is 1. The zero-order valence-corrected chi connectivity index (χ0v) is 16.3. The van der Waals surface area contributed by atoms with Crippen molar-refractivity contribution >= 4 is 11.6 Å². The molecule has 150 valence electrons. The molecule has 0 saturated carbocycles. The van der Waals surface area contributed by atoms with Gasteiger partial charge in [-0.2, -0.15) is 4.68 Å². The Balaban J connectivity index is 1.61. The highest BCUT2D eigenvalue weighted by molar-refractivity contribution is 6.04. The van der Waals surface area contributed by atoms with Gasteiger partial charge in [-0.25, -0.2) is 0 Å². The lowest BCUT2D eigenvalue weighted by Crippen LogP contribution is -2.12. The summed E-state index contributed by atoms with van der Waals surface area (Å²) in [5.74, 6) is 1.53. The number of aromatic nitrogens is 5. The van der Waals surface area contributed by atoms with Crippen molar-refractivity contribution in [3.8, 4) is 28.6 Å². The molecule has 0 saturated heterocycles. The maximum atomic E-state index is 12.4. The fraction of sp³-hybridized carbons (Fsp3) is 0.0952. The van der Waals surface area contributed by atoms with Crippen molar-refractivity contribution in [1.29, 1.82) is 0 Å². The molecular weight excluding hydrogens is 384 g/mol. The maximum Gasteiger partial charge on any atom is 0.255 e. The summed E-state index contributed by atoms with van der Waals surface area (Å²) in [6.07, 6.45) is 3.23. The van der Waals surface area contributed by atoms with Crippen LogP contribution in [0.15, 0.2) is 67.0 Å². The van der Waals surface area contributed by atoms with Gasteiger partial charge in [0, 0.05) is 23.4 Å². The van der Waals surface area contributed by atoms with Crippen molar-refractivity contribution in [1.82, 2.24) is 25.2 Å². The summed E-state index contributed by atoms with van der Waals surface area (Å²) in [5, 5.41) is 14.8. The molecule has 0 radical (unpaired) electrons. The monoisotopic (exact) mass is 402 g/mol. The number of tetrazole rings is 1. The van der Waals surface area contributed by atoms with E-state index in [1.54, 1.807) is 73.8 Å². The van der Waals surface area contributed by atoms with E-state index >= 15 is 0 Å². The number of amides is 1. The third kappa shape index (κ3) is 3.95. The van der Waals surface area contributed by atoms with Gasteiger partial charge in [0.25, 0.3) is 5.91 Å². The Morgan fingerprint density at radius 2 is 1.73 bits per heavy atom. The predicted octanol–water partition coefficient (Wildman–Crippen LogP) is 2.99. The number of anilines is 1. The van der Waals surface area contributed by atoms with Crippen molar-refractivity contribution in [3.63, 3.8) is 0 Å². The molecule has 0 atom stereocenters. The summed E-state index contributed by atoms with van der Waals surface area (Å²) >= 11 is 0. The van der Waals surface area contributed by atoms with E-state index in [1.807, 2.05) is 12.1 Å². The number of carbonyl (C=O) groups is 1. The maximum absolute atomic E-state index is 12.4. The fourth-order valence-corrected chi connectivity index (χ4v) is 2.87. The third-order valence-corrected chi connectivity index (χ3v) is 4.37. The molecule has 0 aliphatic heterocycles. The Labute approximate surface area is 172 Å². The molecular formula is C21H18N6O3. The lowest BCUT2D eigenvalue weighted by Gasteiger charge is -2.09. The summed E-state index contributed by atoms with van der Waals surface area (Å²) < 4.78 is 12.2. The lowest BCUT2D eigenvalue weighted by atomic mass is 10.1. The molecule has 4 aromatic rings. The molecule has 0 bridgehead atoms. The summed E-state index contributed by atoms with van der Waals surface area (Å²) in [7, 11) is 3.16. The van der Waals surface area contributed by atoms with Crippen LogP contribution < -0.4 is 14.8 Å². The van der Waals surface area contributed by atoms with Gasteiger partial charge in [-0.1, -0.05) is 0 Å². The smallest absolute Gasteiger partial charge is 0.255 e. The van der Waals surface area contributed by atoms with Gasteiger partial charge < -0.3 is 14.8 Å². The first-order valence-corrected chi connectivity index (χ1v) is 9.01. The van der Waals surface area contributed by atoms with Crippen LogP contribution in [0.25, 0.3) is 17.1 Å². The van der Waals surface area contributed by atoms with Crippen molar-refractivity contribution in [2.75, 3.05) is 19.5 Å². The van der Waals surface area contributed by atoms with Gasteiger partial charge in [0.05, 0.1) is 31.8 Å². The fourth-order valence-electron chi connectivity index (χ4n) is 2.87. The van der Waals surface area contributed by atoms with E-state index in [9.17, 15) is 4.79 Å². The third-order valence-electron chi connectivity index (χ3n) is 4.37. The van der Waals surface area contributed by atoms with E-state index in [2.05, 4.69) is 25.8 Å². The number of nitrogens with one attached hydrogen (secondary N) is 1. The predicted molar refractivity (Wildman–Crippen MR) is 110 cm³/mol. The van der Waals surface area contributed by atoms with Gasteiger partial charge >= 0.3 is 0 Å². The molecule has 30 heavy (non-hydrogen) atoms. The first-order valence-electron chi connectivity index (χ1n) is 9.01. The van der Waals surface area contributed by atoms with E-state index in [4.69, 9.17) is 9.47 Å². The van der Waals surface area contributed by atoms with Crippen LogP contribution in [0.4, 0.5) is 5.69 Å². The van der Waals surface area contributed by atoms with Gasteiger partial charge in [-0.3, -0.25) is 9.78 Å². The quantitative estimate of drug-likeness (QED) is 0.529. The zero-order chi connectivity index (χ0) is 20.9. The molecule has 2 aromatic carbocycles. The zero-order valence-electron chi connectivity index (χ0n) is 16.3. The normalized spacial score (nSPS) is 10.5. The molecule has 9 heteroatoms. The van der Waals surface area contributed by atoms with E-state index in [0.29, 0.717) is 34.3 Å². The number of rotatable bonds is 6. The second kappa shape index (κ2) is 8.39. The molecule has 1 amide bonds. The highest BCUT2D eigenvalue weighted by atomic mass is 16.5. The van der Waals surface area contributed by atoms with E-state index in [1.165, 1.54) is 0 Å². The minimum Gasteiger partial charge on any atom is -0.497 e. The Hall–Kier alpha value is -4.27. The molecule has 2 aromatic heterocycles.